The van der Waals surface area contributed by atoms with Crippen molar-refractivity contribution < 1.29 is 0 Å². The Balaban J connectivity index is 1.97. The summed E-state index contributed by atoms with van der Waals surface area (Å²) >= 11 is 7.62. The SMILES string of the molecule is CCCCC(NCc1ccc(Cl)s1)c1ccccc1. The van der Waals surface area contributed by atoms with Gasteiger partial charge in [0.1, 0.15) is 0 Å². The first-order valence-electron chi connectivity index (χ1n) is 6.82. The summed E-state index contributed by atoms with van der Waals surface area (Å²) in [6.07, 6.45) is 3.66. The topological polar surface area (TPSA) is 12.0 Å². The zero-order valence-corrected chi connectivity index (χ0v) is 12.8. The molecule has 102 valence electrons. The van der Waals surface area contributed by atoms with Gasteiger partial charge in [-0.25, -0.2) is 0 Å². The number of rotatable bonds is 7. The number of halogens is 1. The fraction of sp³-hybridized carbons (Fsp3) is 0.375. The van der Waals surface area contributed by atoms with Crippen LogP contribution in [0.1, 0.15) is 42.7 Å². The Hall–Kier alpha value is -0.830. The molecule has 0 spiro atoms. The van der Waals surface area contributed by atoms with E-state index in [9.17, 15) is 0 Å². The fourth-order valence-corrected chi connectivity index (χ4v) is 3.19. The maximum absolute atomic E-state index is 5.97. The maximum atomic E-state index is 5.97. The molecule has 1 aromatic heterocycles. The van der Waals surface area contributed by atoms with Gasteiger partial charge in [0.25, 0.3) is 0 Å². The molecule has 1 nitrogen and oxygen atoms in total. The number of unbranched alkanes of at least 4 members (excludes halogenated alkanes) is 1. The molecule has 0 aliphatic heterocycles. The highest BCUT2D eigenvalue weighted by atomic mass is 35.5. The maximum Gasteiger partial charge on any atom is 0.0931 e. The van der Waals surface area contributed by atoms with Gasteiger partial charge in [-0.3, -0.25) is 0 Å². The highest BCUT2D eigenvalue weighted by Crippen LogP contribution is 2.24. The lowest BCUT2D eigenvalue weighted by atomic mass is 10.0. The number of nitrogens with one attached hydrogen (secondary N) is 1. The van der Waals surface area contributed by atoms with Crippen molar-refractivity contribution in [2.75, 3.05) is 0 Å². The van der Waals surface area contributed by atoms with E-state index in [-0.39, 0.29) is 0 Å². The molecule has 1 heterocycles. The van der Waals surface area contributed by atoms with Crippen molar-refractivity contribution in [1.29, 1.82) is 0 Å². The standard InChI is InChI=1S/C16H20ClNS/c1-2-3-9-15(13-7-5-4-6-8-13)18-12-14-10-11-16(17)19-14/h4-8,10-11,15,18H,2-3,9,12H2,1H3. The minimum absolute atomic E-state index is 0.432. The van der Waals surface area contributed by atoms with E-state index < -0.39 is 0 Å². The molecule has 1 aromatic carbocycles. The van der Waals surface area contributed by atoms with E-state index in [1.54, 1.807) is 11.3 Å². The first-order valence-corrected chi connectivity index (χ1v) is 8.01. The van der Waals surface area contributed by atoms with Crippen LogP contribution in [-0.4, -0.2) is 0 Å². The van der Waals surface area contributed by atoms with Crippen LogP contribution in [0.3, 0.4) is 0 Å². The van der Waals surface area contributed by atoms with Crippen molar-refractivity contribution in [3.05, 3.63) is 57.2 Å². The second-order valence-corrected chi connectivity index (χ2v) is 6.49. The van der Waals surface area contributed by atoms with Crippen LogP contribution in [0.4, 0.5) is 0 Å². The van der Waals surface area contributed by atoms with E-state index >= 15 is 0 Å². The van der Waals surface area contributed by atoms with Crippen LogP contribution in [0.15, 0.2) is 42.5 Å². The molecule has 0 saturated carbocycles. The molecule has 1 unspecified atom stereocenters. The van der Waals surface area contributed by atoms with Gasteiger partial charge >= 0.3 is 0 Å². The quantitative estimate of drug-likeness (QED) is 0.718. The zero-order chi connectivity index (χ0) is 13.5. The predicted molar refractivity (Wildman–Crippen MR) is 84.9 cm³/mol. The molecule has 0 aliphatic rings. The van der Waals surface area contributed by atoms with Crippen LogP contribution in [-0.2, 0) is 6.54 Å². The lowest BCUT2D eigenvalue weighted by Gasteiger charge is -2.18. The number of hydrogen-bond acceptors (Lipinski definition) is 2. The highest BCUT2D eigenvalue weighted by Gasteiger charge is 2.10. The molecule has 0 aliphatic carbocycles. The van der Waals surface area contributed by atoms with Gasteiger partial charge in [-0.15, -0.1) is 11.3 Å². The summed E-state index contributed by atoms with van der Waals surface area (Å²) in [6, 6.07) is 15.2. The van der Waals surface area contributed by atoms with Crippen molar-refractivity contribution in [3.63, 3.8) is 0 Å². The molecule has 0 saturated heterocycles. The third-order valence-corrected chi connectivity index (χ3v) is 4.43. The minimum Gasteiger partial charge on any atom is -0.305 e. The third-order valence-electron chi connectivity index (χ3n) is 3.20. The van der Waals surface area contributed by atoms with Gasteiger partial charge in [0.05, 0.1) is 4.34 Å². The summed E-state index contributed by atoms with van der Waals surface area (Å²) < 4.78 is 0.863. The van der Waals surface area contributed by atoms with Crippen LogP contribution >= 0.6 is 22.9 Å². The lowest BCUT2D eigenvalue weighted by Crippen LogP contribution is -2.20. The van der Waals surface area contributed by atoms with Gasteiger partial charge in [0, 0.05) is 17.5 Å². The second-order valence-electron chi connectivity index (χ2n) is 4.69. The molecule has 0 fully saturated rings. The largest absolute Gasteiger partial charge is 0.305 e. The van der Waals surface area contributed by atoms with E-state index in [2.05, 4.69) is 48.6 Å². The van der Waals surface area contributed by atoms with E-state index in [1.165, 1.54) is 29.7 Å². The Kier molecular flexibility index (Phi) is 5.90. The monoisotopic (exact) mass is 293 g/mol. The number of hydrogen-bond donors (Lipinski definition) is 1. The van der Waals surface area contributed by atoms with Crippen molar-refractivity contribution in [1.82, 2.24) is 5.32 Å². The average molecular weight is 294 g/mol. The molecule has 0 amide bonds. The normalized spacial score (nSPS) is 12.5. The van der Waals surface area contributed by atoms with Crippen molar-refractivity contribution in [3.8, 4) is 0 Å². The van der Waals surface area contributed by atoms with Gasteiger partial charge in [-0.2, -0.15) is 0 Å². The third kappa shape index (κ3) is 4.64. The number of benzene rings is 1. The Morgan fingerprint density at radius 3 is 2.58 bits per heavy atom. The zero-order valence-electron chi connectivity index (χ0n) is 11.2. The first kappa shape index (κ1) is 14.6. The van der Waals surface area contributed by atoms with Crippen molar-refractivity contribution in [2.24, 2.45) is 0 Å². The van der Waals surface area contributed by atoms with Gasteiger partial charge in [-0.05, 0) is 24.1 Å². The van der Waals surface area contributed by atoms with E-state index in [0.717, 1.165) is 10.9 Å². The summed E-state index contributed by atoms with van der Waals surface area (Å²) in [5, 5.41) is 3.65. The van der Waals surface area contributed by atoms with Gasteiger partial charge in [0.15, 0.2) is 0 Å². The molecule has 2 rings (SSSR count). The molecular weight excluding hydrogens is 274 g/mol. The Morgan fingerprint density at radius 2 is 1.95 bits per heavy atom. The van der Waals surface area contributed by atoms with E-state index in [1.807, 2.05) is 6.07 Å². The van der Waals surface area contributed by atoms with Crippen molar-refractivity contribution in [2.45, 2.75) is 38.8 Å². The summed E-state index contributed by atoms with van der Waals surface area (Å²) in [4.78, 5) is 1.29. The van der Waals surface area contributed by atoms with Crippen LogP contribution < -0.4 is 5.32 Å². The molecule has 0 radical (unpaired) electrons. The fourth-order valence-electron chi connectivity index (χ4n) is 2.15. The Labute approximate surface area is 124 Å². The van der Waals surface area contributed by atoms with Crippen molar-refractivity contribution >= 4 is 22.9 Å². The van der Waals surface area contributed by atoms with Gasteiger partial charge in [-0.1, -0.05) is 61.7 Å². The summed E-state index contributed by atoms with van der Waals surface area (Å²) in [7, 11) is 0. The molecule has 3 heteroatoms. The van der Waals surface area contributed by atoms with Gasteiger partial charge < -0.3 is 5.32 Å². The van der Waals surface area contributed by atoms with E-state index in [0.29, 0.717) is 6.04 Å². The number of thiophene rings is 1. The minimum atomic E-state index is 0.432. The van der Waals surface area contributed by atoms with Crippen LogP contribution in [0.2, 0.25) is 4.34 Å². The first-order chi connectivity index (χ1) is 9.29. The Morgan fingerprint density at radius 1 is 1.16 bits per heavy atom. The van der Waals surface area contributed by atoms with E-state index in [4.69, 9.17) is 11.6 Å². The van der Waals surface area contributed by atoms with Gasteiger partial charge in [0.2, 0.25) is 0 Å². The Bertz CT molecular complexity index is 481. The summed E-state index contributed by atoms with van der Waals surface area (Å²) in [5.41, 5.74) is 1.37. The highest BCUT2D eigenvalue weighted by molar-refractivity contribution is 7.16. The second kappa shape index (κ2) is 7.68. The smallest absolute Gasteiger partial charge is 0.0931 e. The molecule has 0 bridgehead atoms. The molecular formula is C16H20ClNS. The molecule has 1 atom stereocenters. The molecule has 19 heavy (non-hydrogen) atoms. The van der Waals surface area contributed by atoms with Crippen LogP contribution in [0, 0.1) is 0 Å². The molecule has 1 N–H and O–H groups in total. The van der Waals surface area contributed by atoms with Crippen LogP contribution in [0.25, 0.3) is 0 Å². The lowest BCUT2D eigenvalue weighted by molar-refractivity contribution is 0.483. The summed E-state index contributed by atoms with van der Waals surface area (Å²) in [5.74, 6) is 0. The average Bonchev–Trinajstić information content (AvgIpc) is 2.86. The van der Waals surface area contributed by atoms with Crippen LogP contribution in [0.5, 0.6) is 0 Å². The predicted octanol–water partition coefficient (Wildman–Crippen LogP) is 5.42. The molecule has 2 aromatic rings. The summed E-state index contributed by atoms with van der Waals surface area (Å²) in [6.45, 7) is 3.13.